The Morgan fingerprint density at radius 3 is 2.83 bits per heavy atom. The van der Waals surface area contributed by atoms with Gasteiger partial charge < -0.3 is 4.74 Å². The van der Waals surface area contributed by atoms with Crippen molar-refractivity contribution in [2.45, 2.75) is 20.3 Å². The molecule has 3 nitrogen and oxygen atoms in total. The van der Waals surface area contributed by atoms with Gasteiger partial charge in [0.05, 0.1) is 13.2 Å². The Balaban J connectivity index is 2.16. The van der Waals surface area contributed by atoms with Crippen LogP contribution in [0.15, 0.2) is 0 Å². The molecule has 0 spiro atoms. The molecule has 1 aliphatic rings. The molecule has 0 aromatic rings. The van der Waals surface area contributed by atoms with Crippen molar-refractivity contribution in [1.82, 2.24) is 5.06 Å². The Bertz CT molecular complexity index is 113. The number of rotatable bonds is 5. The van der Waals surface area contributed by atoms with Gasteiger partial charge in [0, 0.05) is 19.7 Å². The van der Waals surface area contributed by atoms with Crippen molar-refractivity contribution in [2.75, 3.05) is 32.9 Å². The molecule has 0 saturated carbocycles. The summed E-state index contributed by atoms with van der Waals surface area (Å²) in [4.78, 5) is 5.43. The molecule has 0 radical (unpaired) electrons. The standard InChI is InChI=1S/C9H19NO2/c1-3-10(12-4-2)7-9-5-6-11-8-9/h9H,3-8H2,1-2H3. The molecule has 12 heavy (non-hydrogen) atoms. The fraction of sp³-hybridized carbons (Fsp3) is 1.00. The maximum Gasteiger partial charge on any atom is 0.0656 e. The third-order valence-electron chi connectivity index (χ3n) is 2.15. The molecule has 1 heterocycles. The third-order valence-corrected chi connectivity index (χ3v) is 2.15. The van der Waals surface area contributed by atoms with Gasteiger partial charge >= 0.3 is 0 Å². The van der Waals surface area contributed by atoms with Gasteiger partial charge in [-0.3, -0.25) is 4.84 Å². The molecular formula is C9H19NO2. The molecule has 1 saturated heterocycles. The molecule has 0 amide bonds. The first kappa shape index (κ1) is 9.96. The van der Waals surface area contributed by atoms with Crippen molar-refractivity contribution in [2.24, 2.45) is 5.92 Å². The van der Waals surface area contributed by atoms with Gasteiger partial charge in [0.25, 0.3) is 0 Å². The van der Waals surface area contributed by atoms with Gasteiger partial charge in [-0.15, -0.1) is 0 Å². The largest absolute Gasteiger partial charge is 0.381 e. The number of ether oxygens (including phenoxy) is 1. The number of hydroxylamine groups is 2. The van der Waals surface area contributed by atoms with Crippen LogP contribution in [0.4, 0.5) is 0 Å². The van der Waals surface area contributed by atoms with E-state index in [9.17, 15) is 0 Å². The molecule has 3 heteroatoms. The summed E-state index contributed by atoms with van der Waals surface area (Å²) in [7, 11) is 0. The monoisotopic (exact) mass is 173 g/mol. The van der Waals surface area contributed by atoms with Gasteiger partial charge in [0.15, 0.2) is 0 Å². The second-order valence-electron chi connectivity index (χ2n) is 3.13. The summed E-state index contributed by atoms with van der Waals surface area (Å²) in [6.07, 6.45) is 1.18. The summed E-state index contributed by atoms with van der Waals surface area (Å²) in [6.45, 7) is 8.72. The molecule has 1 atom stereocenters. The van der Waals surface area contributed by atoms with Crippen LogP contribution < -0.4 is 0 Å². The molecule has 0 aromatic heterocycles. The van der Waals surface area contributed by atoms with E-state index in [-0.39, 0.29) is 0 Å². The first-order valence-electron chi connectivity index (χ1n) is 4.82. The van der Waals surface area contributed by atoms with Crippen LogP contribution in [0, 0.1) is 5.92 Å². The van der Waals surface area contributed by atoms with Gasteiger partial charge in [-0.2, -0.15) is 5.06 Å². The summed E-state index contributed by atoms with van der Waals surface area (Å²) in [6, 6.07) is 0. The van der Waals surface area contributed by atoms with E-state index in [2.05, 4.69) is 6.92 Å². The lowest BCUT2D eigenvalue weighted by Crippen LogP contribution is -2.29. The summed E-state index contributed by atoms with van der Waals surface area (Å²) in [5, 5.41) is 2.03. The molecule has 0 aromatic carbocycles. The highest BCUT2D eigenvalue weighted by atomic mass is 16.7. The summed E-state index contributed by atoms with van der Waals surface area (Å²) in [5.74, 6) is 0.677. The van der Waals surface area contributed by atoms with Crippen LogP contribution in [-0.2, 0) is 9.57 Å². The zero-order valence-corrected chi connectivity index (χ0v) is 8.08. The van der Waals surface area contributed by atoms with Crippen LogP contribution in [0.25, 0.3) is 0 Å². The van der Waals surface area contributed by atoms with Gasteiger partial charge in [0.1, 0.15) is 0 Å². The Kier molecular flexibility index (Phi) is 4.58. The van der Waals surface area contributed by atoms with E-state index >= 15 is 0 Å². The van der Waals surface area contributed by atoms with Crippen LogP contribution in [-0.4, -0.2) is 38.0 Å². The van der Waals surface area contributed by atoms with Gasteiger partial charge in [-0.25, -0.2) is 0 Å². The smallest absolute Gasteiger partial charge is 0.0656 e. The van der Waals surface area contributed by atoms with Crippen molar-refractivity contribution in [3.63, 3.8) is 0 Å². The van der Waals surface area contributed by atoms with Crippen LogP contribution in [0.2, 0.25) is 0 Å². The van der Waals surface area contributed by atoms with Crippen LogP contribution in [0.1, 0.15) is 20.3 Å². The van der Waals surface area contributed by atoms with E-state index < -0.39 is 0 Å². The van der Waals surface area contributed by atoms with Crippen molar-refractivity contribution in [3.05, 3.63) is 0 Å². The van der Waals surface area contributed by atoms with E-state index in [0.717, 1.165) is 32.9 Å². The van der Waals surface area contributed by atoms with Gasteiger partial charge in [0.2, 0.25) is 0 Å². The van der Waals surface area contributed by atoms with Crippen molar-refractivity contribution < 1.29 is 9.57 Å². The molecular weight excluding hydrogens is 154 g/mol. The molecule has 0 bridgehead atoms. The van der Waals surface area contributed by atoms with E-state index in [1.54, 1.807) is 0 Å². The van der Waals surface area contributed by atoms with Crippen LogP contribution >= 0.6 is 0 Å². The lowest BCUT2D eigenvalue weighted by Gasteiger charge is -2.21. The third kappa shape index (κ3) is 3.09. The van der Waals surface area contributed by atoms with Crippen molar-refractivity contribution in [1.29, 1.82) is 0 Å². The number of hydrogen-bond donors (Lipinski definition) is 0. The van der Waals surface area contributed by atoms with Gasteiger partial charge in [-0.1, -0.05) is 6.92 Å². The minimum atomic E-state index is 0.677. The predicted octanol–water partition coefficient (Wildman–Crippen LogP) is 1.30. The van der Waals surface area contributed by atoms with E-state index in [1.807, 2.05) is 12.0 Å². The average Bonchev–Trinajstić information content (AvgIpc) is 2.56. The second-order valence-corrected chi connectivity index (χ2v) is 3.13. The Morgan fingerprint density at radius 1 is 1.50 bits per heavy atom. The quantitative estimate of drug-likeness (QED) is 0.585. The first-order chi connectivity index (χ1) is 5.86. The predicted molar refractivity (Wildman–Crippen MR) is 47.8 cm³/mol. The molecule has 1 fully saturated rings. The lowest BCUT2D eigenvalue weighted by molar-refractivity contribution is -0.158. The molecule has 0 N–H and O–H groups in total. The summed E-state index contributed by atoms with van der Waals surface area (Å²) < 4.78 is 5.30. The summed E-state index contributed by atoms with van der Waals surface area (Å²) >= 11 is 0. The zero-order chi connectivity index (χ0) is 8.81. The number of hydrogen-bond acceptors (Lipinski definition) is 3. The Labute approximate surface area is 74.6 Å². The number of nitrogens with zero attached hydrogens (tertiary/aromatic N) is 1. The maximum absolute atomic E-state index is 5.43. The normalized spacial score (nSPS) is 23.8. The van der Waals surface area contributed by atoms with E-state index in [0.29, 0.717) is 5.92 Å². The van der Waals surface area contributed by atoms with Crippen LogP contribution in [0.5, 0.6) is 0 Å². The Hall–Kier alpha value is -0.120. The highest BCUT2D eigenvalue weighted by Crippen LogP contribution is 2.13. The SMILES string of the molecule is CCON(CC)CC1CCOC1. The summed E-state index contributed by atoms with van der Waals surface area (Å²) in [5.41, 5.74) is 0. The van der Waals surface area contributed by atoms with E-state index in [1.165, 1.54) is 6.42 Å². The average molecular weight is 173 g/mol. The highest BCUT2D eigenvalue weighted by molar-refractivity contribution is 4.65. The highest BCUT2D eigenvalue weighted by Gasteiger charge is 2.18. The zero-order valence-electron chi connectivity index (χ0n) is 8.08. The van der Waals surface area contributed by atoms with Crippen molar-refractivity contribution >= 4 is 0 Å². The fourth-order valence-electron chi connectivity index (χ4n) is 1.47. The van der Waals surface area contributed by atoms with Crippen molar-refractivity contribution in [3.8, 4) is 0 Å². The van der Waals surface area contributed by atoms with Crippen LogP contribution in [0.3, 0.4) is 0 Å². The first-order valence-corrected chi connectivity index (χ1v) is 4.82. The molecule has 1 unspecified atom stereocenters. The fourth-order valence-corrected chi connectivity index (χ4v) is 1.47. The maximum atomic E-state index is 5.43. The lowest BCUT2D eigenvalue weighted by atomic mass is 10.1. The minimum absolute atomic E-state index is 0.677. The molecule has 1 rings (SSSR count). The topological polar surface area (TPSA) is 21.7 Å². The van der Waals surface area contributed by atoms with E-state index in [4.69, 9.17) is 9.57 Å². The minimum Gasteiger partial charge on any atom is -0.381 e. The molecule has 1 aliphatic heterocycles. The van der Waals surface area contributed by atoms with Gasteiger partial charge in [-0.05, 0) is 19.3 Å². The molecule has 0 aliphatic carbocycles. The Morgan fingerprint density at radius 2 is 2.33 bits per heavy atom. The molecule has 72 valence electrons. The second kappa shape index (κ2) is 5.51.